The highest BCUT2D eigenvalue weighted by Crippen LogP contribution is 2.17. The predicted molar refractivity (Wildman–Crippen MR) is 72.4 cm³/mol. The molecule has 0 saturated heterocycles. The van der Waals surface area contributed by atoms with Gasteiger partial charge in [0.25, 0.3) is 5.91 Å². The number of amides is 1. The average Bonchev–Trinajstić information content (AvgIpc) is 2.28. The van der Waals surface area contributed by atoms with Crippen LogP contribution in [0, 0.1) is 11.7 Å². The van der Waals surface area contributed by atoms with Crippen molar-refractivity contribution in [3.63, 3.8) is 0 Å². The van der Waals surface area contributed by atoms with E-state index in [1.165, 1.54) is 18.2 Å². The molecule has 0 saturated carbocycles. The van der Waals surface area contributed by atoms with Crippen molar-refractivity contribution in [2.24, 2.45) is 11.7 Å². The fourth-order valence-corrected chi connectivity index (χ4v) is 1.62. The van der Waals surface area contributed by atoms with Crippen LogP contribution in [-0.4, -0.2) is 17.4 Å². The smallest absolute Gasteiger partial charge is 0.252 e. The van der Waals surface area contributed by atoms with E-state index in [4.69, 9.17) is 18.0 Å². The van der Waals surface area contributed by atoms with Gasteiger partial charge in [0.1, 0.15) is 5.82 Å². The highest BCUT2D eigenvalue weighted by Gasteiger charge is 2.12. The predicted octanol–water partition coefficient (Wildman–Crippen LogP) is 2.24. The first kappa shape index (κ1) is 14.1. The van der Waals surface area contributed by atoms with E-state index in [2.05, 4.69) is 21.2 Å². The van der Waals surface area contributed by atoms with Crippen LogP contribution < -0.4 is 11.1 Å². The first-order chi connectivity index (χ1) is 7.91. The molecule has 0 spiro atoms. The Labute approximate surface area is 113 Å². The maximum Gasteiger partial charge on any atom is 0.252 e. The highest BCUT2D eigenvalue weighted by molar-refractivity contribution is 9.10. The Bertz CT molecular complexity index is 453. The molecule has 1 amide bonds. The van der Waals surface area contributed by atoms with Crippen molar-refractivity contribution in [1.29, 1.82) is 0 Å². The second-order valence-electron chi connectivity index (χ2n) is 3.64. The van der Waals surface area contributed by atoms with Gasteiger partial charge in [-0.25, -0.2) is 4.39 Å². The number of nitrogens with one attached hydrogen (secondary N) is 1. The minimum Gasteiger partial charge on any atom is -0.393 e. The second-order valence-corrected chi connectivity index (χ2v) is 4.96. The van der Waals surface area contributed by atoms with Gasteiger partial charge in [0.2, 0.25) is 0 Å². The zero-order valence-electron chi connectivity index (χ0n) is 9.17. The fraction of sp³-hybridized carbons (Fsp3) is 0.273. The molecule has 0 bridgehead atoms. The summed E-state index contributed by atoms with van der Waals surface area (Å²) in [6, 6.07) is 3.94. The van der Waals surface area contributed by atoms with Crippen molar-refractivity contribution in [1.82, 2.24) is 5.32 Å². The number of hydrogen-bond donors (Lipinski definition) is 2. The van der Waals surface area contributed by atoms with Crippen LogP contribution in [0.1, 0.15) is 17.3 Å². The van der Waals surface area contributed by atoms with E-state index in [9.17, 15) is 9.18 Å². The number of thiocarbonyl (C=S) groups is 1. The third kappa shape index (κ3) is 4.05. The highest BCUT2D eigenvalue weighted by atomic mass is 79.9. The summed E-state index contributed by atoms with van der Waals surface area (Å²) in [6.45, 7) is 2.14. The molecule has 0 aliphatic rings. The molecular weight excluding hydrogens is 307 g/mol. The van der Waals surface area contributed by atoms with Crippen molar-refractivity contribution in [3.05, 3.63) is 34.1 Å². The molecule has 3 N–H and O–H groups in total. The van der Waals surface area contributed by atoms with Crippen molar-refractivity contribution in [2.75, 3.05) is 6.54 Å². The van der Waals surface area contributed by atoms with Gasteiger partial charge in [-0.05, 0) is 34.1 Å². The molecule has 0 heterocycles. The monoisotopic (exact) mass is 318 g/mol. The molecule has 0 aromatic heterocycles. The molecule has 3 nitrogen and oxygen atoms in total. The normalized spacial score (nSPS) is 11.9. The van der Waals surface area contributed by atoms with E-state index in [0.717, 1.165) is 0 Å². The van der Waals surface area contributed by atoms with E-state index in [-0.39, 0.29) is 17.4 Å². The summed E-state index contributed by atoms with van der Waals surface area (Å²) in [5.74, 6) is -0.915. The molecular formula is C11H12BrFN2OS. The Morgan fingerprint density at radius 2 is 2.29 bits per heavy atom. The van der Waals surface area contributed by atoms with Gasteiger partial charge in [0.05, 0.1) is 10.6 Å². The Hall–Kier alpha value is -1.01. The number of hydrogen-bond acceptors (Lipinski definition) is 2. The van der Waals surface area contributed by atoms with Crippen LogP contribution in [0.2, 0.25) is 0 Å². The molecule has 0 fully saturated rings. The van der Waals surface area contributed by atoms with Crippen LogP contribution in [0.4, 0.5) is 4.39 Å². The number of carbonyl (C=O) groups excluding carboxylic acids is 1. The third-order valence-corrected chi connectivity index (χ3v) is 3.32. The molecule has 1 aromatic rings. The molecule has 17 heavy (non-hydrogen) atoms. The summed E-state index contributed by atoms with van der Waals surface area (Å²) in [6.07, 6.45) is 0. The quantitative estimate of drug-likeness (QED) is 0.837. The van der Waals surface area contributed by atoms with E-state index in [1.807, 2.05) is 6.92 Å². The Kier molecular flexibility index (Phi) is 5.02. The van der Waals surface area contributed by atoms with Gasteiger partial charge in [-0.2, -0.15) is 0 Å². The van der Waals surface area contributed by atoms with Gasteiger partial charge < -0.3 is 11.1 Å². The molecule has 0 radical (unpaired) electrons. The molecule has 1 unspecified atom stereocenters. The number of benzene rings is 1. The maximum atomic E-state index is 13.0. The Morgan fingerprint density at radius 1 is 1.65 bits per heavy atom. The topological polar surface area (TPSA) is 55.1 Å². The van der Waals surface area contributed by atoms with Gasteiger partial charge in [-0.3, -0.25) is 4.79 Å². The van der Waals surface area contributed by atoms with Crippen LogP contribution in [0.5, 0.6) is 0 Å². The first-order valence-corrected chi connectivity index (χ1v) is 6.14. The summed E-state index contributed by atoms with van der Waals surface area (Å²) in [5.41, 5.74) is 5.68. The van der Waals surface area contributed by atoms with Crippen LogP contribution in [0.3, 0.4) is 0 Å². The lowest BCUT2D eigenvalue weighted by Crippen LogP contribution is -2.33. The third-order valence-electron chi connectivity index (χ3n) is 2.23. The standard InChI is InChI=1S/C11H12BrFN2OS/c1-6(10(14)17)5-15-11(16)8-4-7(13)2-3-9(8)12/h2-4,6H,5H2,1H3,(H2,14,17)(H,15,16). The molecule has 1 rings (SSSR count). The minimum absolute atomic E-state index is 0.0960. The van der Waals surface area contributed by atoms with Crippen molar-refractivity contribution < 1.29 is 9.18 Å². The number of carbonyl (C=O) groups is 1. The summed E-state index contributed by atoms with van der Waals surface area (Å²) in [5, 5.41) is 2.64. The van der Waals surface area contributed by atoms with Gasteiger partial charge in [-0.1, -0.05) is 19.1 Å². The number of rotatable bonds is 4. The van der Waals surface area contributed by atoms with Crippen LogP contribution in [0.25, 0.3) is 0 Å². The lowest BCUT2D eigenvalue weighted by atomic mass is 10.1. The SMILES string of the molecule is CC(CNC(=O)c1cc(F)ccc1Br)C(N)=S. The Morgan fingerprint density at radius 3 is 2.88 bits per heavy atom. The molecule has 1 atom stereocenters. The van der Waals surface area contributed by atoms with E-state index in [0.29, 0.717) is 16.0 Å². The summed E-state index contributed by atoms with van der Waals surface area (Å²) >= 11 is 7.98. The first-order valence-electron chi connectivity index (χ1n) is 4.94. The lowest BCUT2D eigenvalue weighted by Gasteiger charge is -2.11. The molecule has 1 aromatic carbocycles. The van der Waals surface area contributed by atoms with Crippen LogP contribution >= 0.6 is 28.1 Å². The second kappa shape index (κ2) is 6.07. The van der Waals surface area contributed by atoms with Gasteiger partial charge >= 0.3 is 0 Å². The van der Waals surface area contributed by atoms with Crippen molar-refractivity contribution in [2.45, 2.75) is 6.92 Å². The molecule has 0 aliphatic carbocycles. The molecule has 0 aliphatic heterocycles. The van der Waals surface area contributed by atoms with Crippen molar-refractivity contribution in [3.8, 4) is 0 Å². The van der Waals surface area contributed by atoms with Gasteiger partial charge in [0, 0.05) is 16.9 Å². The number of nitrogens with two attached hydrogens (primary N) is 1. The van der Waals surface area contributed by atoms with Gasteiger partial charge in [0.15, 0.2) is 0 Å². The Balaban J connectivity index is 2.70. The van der Waals surface area contributed by atoms with Crippen molar-refractivity contribution >= 4 is 39.0 Å². The average molecular weight is 319 g/mol. The minimum atomic E-state index is -0.458. The van der Waals surface area contributed by atoms with E-state index >= 15 is 0 Å². The van der Waals surface area contributed by atoms with E-state index < -0.39 is 5.82 Å². The summed E-state index contributed by atoms with van der Waals surface area (Å²) in [7, 11) is 0. The lowest BCUT2D eigenvalue weighted by molar-refractivity contribution is 0.0950. The molecule has 6 heteroatoms. The van der Waals surface area contributed by atoms with E-state index in [1.54, 1.807) is 0 Å². The summed E-state index contributed by atoms with van der Waals surface area (Å²) < 4.78 is 13.5. The number of halogens is 2. The van der Waals surface area contributed by atoms with Crippen LogP contribution in [0.15, 0.2) is 22.7 Å². The van der Waals surface area contributed by atoms with Gasteiger partial charge in [-0.15, -0.1) is 0 Å². The zero-order chi connectivity index (χ0) is 13.0. The fourth-order valence-electron chi connectivity index (χ4n) is 1.11. The molecule has 92 valence electrons. The van der Waals surface area contributed by atoms with Crippen LogP contribution in [-0.2, 0) is 0 Å². The maximum absolute atomic E-state index is 13.0. The summed E-state index contributed by atoms with van der Waals surface area (Å²) in [4.78, 5) is 12.1. The largest absolute Gasteiger partial charge is 0.393 e. The zero-order valence-corrected chi connectivity index (χ0v) is 11.6.